The van der Waals surface area contributed by atoms with Gasteiger partial charge in [0.15, 0.2) is 0 Å². The fraction of sp³-hybridized carbons (Fsp3) is 0.357. The van der Waals surface area contributed by atoms with Crippen molar-refractivity contribution in [3.05, 3.63) is 45.4 Å². The largest absolute Gasteiger partial charge is 0.297 e. The van der Waals surface area contributed by atoms with Crippen LogP contribution in [0.15, 0.2) is 24.3 Å². The molecule has 2 nitrogen and oxygen atoms in total. The standard InChI is InChI=1S/C14H14ClFN2S/c15-10-6-3-7-11(16)14(10)18-13(19)8-12(17-18)9-4-1-2-5-9/h3,6-9,17H,1-2,4-5H2. The van der Waals surface area contributed by atoms with Gasteiger partial charge in [-0.05, 0) is 31.0 Å². The zero-order chi connectivity index (χ0) is 13.4. The van der Waals surface area contributed by atoms with E-state index in [0.29, 0.717) is 21.3 Å². The first kappa shape index (κ1) is 12.9. The van der Waals surface area contributed by atoms with Gasteiger partial charge in [-0.3, -0.25) is 5.10 Å². The summed E-state index contributed by atoms with van der Waals surface area (Å²) in [6.45, 7) is 0. The van der Waals surface area contributed by atoms with Crippen LogP contribution in [0.4, 0.5) is 4.39 Å². The van der Waals surface area contributed by atoms with Gasteiger partial charge in [0.25, 0.3) is 0 Å². The minimum Gasteiger partial charge on any atom is -0.297 e. The molecule has 1 aliphatic carbocycles. The molecule has 0 bridgehead atoms. The van der Waals surface area contributed by atoms with E-state index in [2.05, 4.69) is 5.10 Å². The van der Waals surface area contributed by atoms with Gasteiger partial charge in [0.2, 0.25) is 0 Å². The number of para-hydroxylation sites is 1. The molecule has 0 atom stereocenters. The van der Waals surface area contributed by atoms with Crippen molar-refractivity contribution < 1.29 is 4.39 Å². The lowest BCUT2D eigenvalue weighted by Gasteiger charge is -2.09. The predicted octanol–water partition coefficient (Wildman–Crippen LogP) is 4.98. The van der Waals surface area contributed by atoms with E-state index < -0.39 is 0 Å². The molecule has 0 amide bonds. The number of nitrogens with one attached hydrogen (secondary N) is 1. The maximum atomic E-state index is 13.9. The molecule has 1 aliphatic rings. The minimum atomic E-state index is -0.372. The zero-order valence-electron chi connectivity index (χ0n) is 10.3. The van der Waals surface area contributed by atoms with E-state index in [1.165, 1.54) is 31.7 Å². The van der Waals surface area contributed by atoms with Crippen molar-refractivity contribution in [1.29, 1.82) is 0 Å². The van der Waals surface area contributed by atoms with Crippen molar-refractivity contribution in [2.75, 3.05) is 0 Å². The summed E-state index contributed by atoms with van der Waals surface area (Å²) in [5.41, 5.74) is 1.39. The van der Waals surface area contributed by atoms with Crippen molar-refractivity contribution in [3.63, 3.8) is 0 Å². The van der Waals surface area contributed by atoms with Gasteiger partial charge in [-0.1, -0.05) is 42.7 Å². The smallest absolute Gasteiger partial charge is 0.150 e. The lowest BCUT2D eigenvalue weighted by Crippen LogP contribution is -2.02. The van der Waals surface area contributed by atoms with Crippen LogP contribution in [0, 0.1) is 10.5 Å². The average Bonchev–Trinajstić information content (AvgIpc) is 2.99. The van der Waals surface area contributed by atoms with Gasteiger partial charge in [-0.25, -0.2) is 9.07 Å². The highest BCUT2D eigenvalue weighted by Crippen LogP contribution is 2.34. The first-order valence-electron chi connectivity index (χ1n) is 6.43. The number of aromatic amines is 1. The van der Waals surface area contributed by atoms with Crippen molar-refractivity contribution in [2.24, 2.45) is 0 Å². The zero-order valence-corrected chi connectivity index (χ0v) is 11.9. The van der Waals surface area contributed by atoms with Crippen molar-refractivity contribution >= 4 is 23.8 Å². The van der Waals surface area contributed by atoms with Crippen LogP contribution in [0.2, 0.25) is 5.02 Å². The van der Waals surface area contributed by atoms with Gasteiger partial charge < -0.3 is 0 Å². The maximum Gasteiger partial charge on any atom is 0.150 e. The molecule has 1 fully saturated rings. The van der Waals surface area contributed by atoms with Gasteiger partial charge >= 0.3 is 0 Å². The molecule has 19 heavy (non-hydrogen) atoms. The molecular weight excluding hydrogens is 283 g/mol. The highest BCUT2D eigenvalue weighted by atomic mass is 35.5. The Morgan fingerprint density at radius 1 is 1.32 bits per heavy atom. The second kappa shape index (κ2) is 5.10. The summed E-state index contributed by atoms with van der Waals surface area (Å²) in [6, 6.07) is 6.57. The predicted molar refractivity (Wildman–Crippen MR) is 77.1 cm³/mol. The minimum absolute atomic E-state index is 0.304. The Hall–Kier alpha value is -1.13. The first-order chi connectivity index (χ1) is 9.16. The van der Waals surface area contributed by atoms with Gasteiger partial charge in [-0.2, -0.15) is 0 Å². The summed E-state index contributed by atoms with van der Waals surface area (Å²) >= 11 is 11.4. The molecule has 0 spiro atoms. The molecule has 1 heterocycles. The van der Waals surface area contributed by atoms with Crippen LogP contribution in [-0.4, -0.2) is 9.78 Å². The summed E-state index contributed by atoms with van der Waals surface area (Å²) in [5.74, 6) is 0.136. The summed E-state index contributed by atoms with van der Waals surface area (Å²) in [4.78, 5) is 0. The Morgan fingerprint density at radius 2 is 2.05 bits per heavy atom. The topological polar surface area (TPSA) is 20.7 Å². The Balaban J connectivity index is 2.08. The van der Waals surface area contributed by atoms with E-state index >= 15 is 0 Å². The van der Waals surface area contributed by atoms with Gasteiger partial charge in [-0.15, -0.1) is 0 Å². The molecule has 100 valence electrons. The molecule has 0 saturated heterocycles. The monoisotopic (exact) mass is 296 g/mol. The van der Waals surface area contributed by atoms with E-state index in [0.717, 1.165) is 5.69 Å². The summed E-state index contributed by atoms with van der Waals surface area (Å²) < 4.78 is 16.1. The molecule has 5 heteroatoms. The number of hydrogen-bond donors (Lipinski definition) is 1. The molecule has 0 unspecified atom stereocenters. The maximum absolute atomic E-state index is 13.9. The van der Waals surface area contributed by atoms with Crippen LogP contribution in [0.25, 0.3) is 5.69 Å². The van der Waals surface area contributed by atoms with Crippen LogP contribution in [0.3, 0.4) is 0 Å². The summed E-state index contributed by atoms with van der Waals surface area (Å²) in [6.07, 6.45) is 4.83. The molecular formula is C14H14ClFN2S. The fourth-order valence-corrected chi connectivity index (χ4v) is 3.24. The molecule has 3 rings (SSSR count). The van der Waals surface area contributed by atoms with Gasteiger partial charge in [0, 0.05) is 11.6 Å². The number of hydrogen-bond acceptors (Lipinski definition) is 1. The molecule has 2 aromatic rings. The Bertz CT molecular complexity index is 635. The quantitative estimate of drug-likeness (QED) is 0.775. The first-order valence-corrected chi connectivity index (χ1v) is 7.22. The Labute approximate surface area is 121 Å². The lowest BCUT2D eigenvalue weighted by molar-refractivity contribution is 0.605. The summed E-state index contributed by atoms with van der Waals surface area (Å²) in [5, 5.41) is 3.57. The second-order valence-electron chi connectivity index (χ2n) is 4.94. The number of halogens is 2. The number of benzene rings is 1. The average molecular weight is 297 g/mol. The molecule has 0 radical (unpaired) electrons. The third-order valence-electron chi connectivity index (χ3n) is 3.70. The summed E-state index contributed by atoms with van der Waals surface area (Å²) in [7, 11) is 0. The van der Waals surface area contributed by atoms with E-state index in [9.17, 15) is 4.39 Å². The number of rotatable bonds is 2. The number of H-pyrrole nitrogens is 1. The van der Waals surface area contributed by atoms with Crippen molar-refractivity contribution in [1.82, 2.24) is 9.78 Å². The van der Waals surface area contributed by atoms with Crippen LogP contribution in [0.1, 0.15) is 37.3 Å². The van der Waals surface area contributed by atoms with E-state index in [1.807, 2.05) is 6.07 Å². The van der Waals surface area contributed by atoms with Crippen molar-refractivity contribution in [3.8, 4) is 5.69 Å². The molecule has 1 aromatic heterocycles. The second-order valence-corrected chi connectivity index (χ2v) is 5.76. The van der Waals surface area contributed by atoms with E-state index in [4.69, 9.17) is 23.8 Å². The molecule has 1 aromatic carbocycles. The Kier molecular flexibility index (Phi) is 3.46. The van der Waals surface area contributed by atoms with Crippen LogP contribution in [0.5, 0.6) is 0 Å². The van der Waals surface area contributed by atoms with E-state index in [-0.39, 0.29) is 5.82 Å². The fourth-order valence-electron chi connectivity index (χ4n) is 2.73. The van der Waals surface area contributed by atoms with Gasteiger partial charge in [0.1, 0.15) is 16.1 Å². The van der Waals surface area contributed by atoms with Crippen LogP contribution >= 0.6 is 23.8 Å². The Morgan fingerprint density at radius 3 is 2.74 bits per heavy atom. The highest BCUT2D eigenvalue weighted by Gasteiger charge is 2.20. The van der Waals surface area contributed by atoms with Crippen LogP contribution < -0.4 is 0 Å². The van der Waals surface area contributed by atoms with E-state index in [1.54, 1.807) is 16.8 Å². The SMILES string of the molecule is Fc1cccc(Cl)c1-n1[nH]c(C2CCCC2)cc1=S. The number of aromatic nitrogens is 2. The third-order valence-corrected chi connectivity index (χ3v) is 4.30. The molecule has 0 aliphatic heterocycles. The normalized spacial score (nSPS) is 16.1. The molecule has 1 saturated carbocycles. The molecule has 1 N–H and O–H groups in total. The third kappa shape index (κ3) is 2.35. The lowest BCUT2D eigenvalue weighted by atomic mass is 10.1. The van der Waals surface area contributed by atoms with Crippen LogP contribution in [-0.2, 0) is 0 Å². The highest BCUT2D eigenvalue weighted by molar-refractivity contribution is 7.71. The van der Waals surface area contributed by atoms with Gasteiger partial charge in [0.05, 0.1) is 5.02 Å². The van der Waals surface area contributed by atoms with Crippen molar-refractivity contribution in [2.45, 2.75) is 31.6 Å². The number of nitrogens with zero attached hydrogens (tertiary/aromatic N) is 1.